The predicted octanol–water partition coefficient (Wildman–Crippen LogP) is 4.73. The van der Waals surface area contributed by atoms with Crippen LogP contribution in [0.4, 0.5) is 4.39 Å². The van der Waals surface area contributed by atoms with Gasteiger partial charge >= 0.3 is 0 Å². The molecule has 1 saturated heterocycles. The van der Waals surface area contributed by atoms with Gasteiger partial charge in [-0.05, 0) is 62.6 Å². The summed E-state index contributed by atoms with van der Waals surface area (Å²) in [4.78, 5) is 32.4. The van der Waals surface area contributed by atoms with Crippen LogP contribution < -0.4 is 5.32 Å². The van der Waals surface area contributed by atoms with E-state index in [-0.39, 0.29) is 11.5 Å². The lowest BCUT2D eigenvalue weighted by atomic mass is 9.91. The molecule has 0 saturated carbocycles. The summed E-state index contributed by atoms with van der Waals surface area (Å²) in [6.07, 6.45) is 2.44. The lowest BCUT2D eigenvalue weighted by molar-refractivity contribution is -0.137. The summed E-state index contributed by atoms with van der Waals surface area (Å²) in [5, 5.41) is 2.76. The number of hydrogen-bond acceptors (Lipinski definition) is 3. The van der Waals surface area contributed by atoms with Crippen molar-refractivity contribution in [2.24, 2.45) is 0 Å². The van der Waals surface area contributed by atoms with Crippen molar-refractivity contribution in [2.45, 2.75) is 44.6 Å². The number of nitrogens with zero attached hydrogens (tertiary/aromatic N) is 2. The SMILES string of the molecule is CC(C)(NC(=O)c1cccc(F)c1)C(=O)N1CCC(c2cccc(Cc3ccccc3)n2)CC1. The first kappa shape index (κ1) is 23.6. The summed E-state index contributed by atoms with van der Waals surface area (Å²) in [7, 11) is 0. The Labute approximate surface area is 200 Å². The molecule has 34 heavy (non-hydrogen) atoms. The summed E-state index contributed by atoms with van der Waals surface area (Å²) in [6, 6.07) is 21.9. The lowest BCUT2D eigenvalue weighted by Gasteiger charge is -2.37. The van der Waals surface area contributed by atoms with Crippen LogP contribution in [-0.4, -0.2) is 40.3 Å². The van der Waals surface area contributed by atoms with E-state index in [1.165, 1.54) is 29.8 Å². The smallest absolute Gasteiger partial charge is 0.252 e. The maximum atomic E-state index is 13.5. The molecule has 0 unspecified atom stereocenters. The molecule has 3 aromatic rings. The zero-order valence-corrected chi connectivity index (χ0v) is 19.6. The van der Waals surface area contributed by atoms with Crippen molar-refractivity contribution in [3.05, 3.63) is 101 Å². The van der Waals surface area contributed by atoms with Gasteiger partial charge in [0.1, 0.15) is 11.4 Å². The molecule has 2 amide bonds. The van der Waals surface area contributed by atoms with Crippen molar-refractivity contribution < 1.29 is 14.0 Å². The molecule has 5 nitrogen and oxygen atoms in total. The van der Waals surface area contributed by atoms with E-state index in [2.05, 4.69) is 35.6 Å². The number of likely N-dealkylation sites (tertiary alicyclic amines) is 1. The molecule has 0 bridgehead atoms. The third-order valence-corrected chi connectivity index (χ3v) is 6.30. The molecular formula is C28H30FN3O2. The summed E-state index contributed by atoms with van der Waals surface area (Å²) < 4.78 is 13.5. The van der Waals surface area contributed by atoms with Gasteiger partial charge in [-0.2, -0.15) is 0 Å². The molecule has 0 atom stereocenters. The molecular weight excluding hydrogens is 429 g/mol. The molecule has 2 aromatic carbocycles. The summed E-state index contributed by atoms with van der Waals surface area (Å²) in [6.45, 7) is 4.58. The Hall–Kier alpha value is -3.54. The van der Waals surface area contributed by atoms with E-state index in [0.717, 1.165) is 30.7 Å². The van der Waals surface area contributed by atoms with Crippen molar-refractivity contribution in [3.8, 4) is 0 Å². The molecule has 1 N–H and O–H groups in total. The highest BCUT2D eigenvalue weighted by Crippen LogP contribution is 2.28. The highest BCUT2D eigenvalue weighted by atomic mass is 19.1. The number of pyridine rings is 1. The molecule has 176 valence electrons. The Balaban J connectivity index is 1.35. The molecule has 1 aliphatic rings. The fraction of sp³-hybridized carbons (Fsp3) is 0.321. The number of amides is 2. The van der Waals surface area contributed by atoms with Gasteiger partial charge in [0.05, 0.1) is 0 Å². The lowest BCUT2D eigenvalue weighted by Crippen LogP contribution is -2.57. The van der Waals surface area contributed by atoms with Gasteiger partial charge < -0.3 is 10.2 Å². The normalized spacial score (nSPS) is 14.6. The quantitative estimate of drug-likeness (QED) is 0.580. The predicted molar refractivity (Wildman–Crippen MR) is 130 cm³/mol. The van der Waals surface area contributed by atoms with E-state index in [4.69, 9.17) is 4.98 Å². The van der Waals surface area contributed by atoms with E-state index >= 15 is 0 Å². The fourth-order valence-corrected chi connectivity index (χ4v) is 4.44. The van der Waals surface area contributed by atoms with Gasteiger partial charge in [-0.3, -0.25) is 14.6 Å². The van der Waals surface area contributed by atoms with Gasteiger partial charge in [0, 0.05) is 42.4 Å². The molecule has 0 aliphatic carbocycles. The third-order valence-electron chi connectivity index (χ3n) is 6.30. The van der Waals surface area contributed by atoms with E-state index < -0.39 is 17.3 Å². The average Bonchev–Trinajstić information content (AvgIpc) is 2.84. The average molecular weight is 460 g/mol. The number of hydrogen-bond donors (Lipinski definition) is 1. The first-order valence-electron chi connectivity index (χ1n) is 11.7. The highest BCUT2D eigenvalue weighted by molar-refractivity contribution is 5.98. The van der Waals surface area contributed by atoms with Crippen LogP contribution in [0.1, 0.15) is 59.9 Å². The second-order valence-electron chi connectivity index (χ2n) is 9.37. The maximum absolute atomic E-state index is 13.5. The van der Waals surface area contributed by atoms with Crippen LogP contribution in [0.5, 0.6) is 0 Å². The van der Waals surface area contributed by atoms with Crippen molar-refractivity contribution in [1.82, 2.24) is 15.2 Å². The van der Waals surface area contributed by atoms with Crippen molar-refractivity contribution in [1.29, 1.82) is 0 Å². The molecule has 1 aromatic heterocycles. The Kier molecular flexibility index (Phi) is 7.06. The molecule has 4 rings (SSSR count). The molecule has 2 heterocycles. The number of halogens is 1. The Morgan fingerprint density at radius 3 is 2.41 bits per heavy atom. The largest absolute Gasteiger partial charge is 0.341 e. The number of piperidine rings is 1. The van der Waals surface area contributed by atoms with Crippen LogP contribution in [0.15, 0.2) is 72.8 Å². The second kappa shape index (κ2) is 10.2. The van der Waals surface area contributed by atoms with Crippen LogP contribution in [0.25, 0.3) is 0 Å². The van der Waals surface area contributed by atoms with Crippen LogP contribution in [-0.2, 0) is 11.2 Å². The number of carbonyl (C=O) groups is 2. The number of benzene rings is 2. The number of aromatic nitrogens is 1. The molecule has 1 fully saturated rings. The topological polar surface area (TPSA) is 62.3 Å². The number of carbonyl (C=O) groups excluding carboxylic acids is 2. The first-order valence-corrected chi connectivity index (χ1v) is 11.7. The Morgan fingerprint density at radius 1 is 1.00 bits per heavy atom. The van der Waals surface area contributed by atoms with Crippen molar-refractivity contribution in [3.63, 3.8) is 0 Å². The van der Waals surface area contributed by atoms with Gasteiger partial charge in [0.15, 0.2) is 0 Å². The molecule has 6 heteroatoms. The fourth-order valence-electron chi connectivity index (χ4n) is 4.44. The van der Waals surface area contributed by atoms with Gasteiger partial charge in [0.2, 0.25) is 5.91 Å². The Bertz CT molecular complexity index is 1160. The Morgan fingerprint density at radius 2 is 1.71 bits per heavy atom. The van der Waals surface area contributed by atoms with Crippen LogP contribution in [0.2, 0.25) is 0 Å². The van der Waals surface area contributed by atoms with Crippen LogP contribution in [0, 0.1) is 5.82 Å². The minimum absolute atomic E-state index is 0.138. The molecule has 0 spiro atoms. The zero-order chi connectivity index (χ0) is 24.1. The van der Waals surface area contributed by atoms with Crippen LogP contribution >= 0.6 is 0 Å². The number of rotatable bonds is 6. The van der Waals surface area contributed by atoms with Gasteiger partial charge in [-0.15, -0.1) is 0 Å². The summed E-state index contributed by atoms with van der Waals surface area (Å²) >= 11 is 0. The summed E-state index contributed by atoms with van der Waals surface area (Å²) in [5.74, 6) is -0.793. The first-order chi connectivity index (χ1) is 16.3. The summed E-state index contributed by atoms with van der Waals surface area (Å²) in [5.41, 5.74) is 2.45. The zero-order valence-electron chi connectivity index (χ0n) is 19.6. The van der Waals surface area contributed by atoms with E-state index in [0.29, 0.717) is 19.0 Å². The van der Waals surface area contributed by atoms with E-state index in [1.54, 1.807) is 18.7 Å². The minimum atomic E-state index is -1.09. The van der Waals surface area contributed by atoms with E-state index in [9.17, 15) is 14.0 Å². The molecule has 1 aliphatic heterocycles. The highest BCUT2D eigenvalue weighted by Gasteiger charge is 2.36. The van der Waals surface area contributed by atoms with Gasteiger partial charge in [-0.25, -0.2) is 4.39 Å². The monoisotopic (exact) mass is 459 g/mol. The minimum Gasteiger partial charge on any atom is -0.341 e. The van der Waals surface area contributed by atoms with E-state index in [1.807, 2.05) is 18.2 Å². The molecule has 0 radical (unpaired) electrons. The second-order valence-corrected chi connectivity index (χ2v) is 9.37. The standard InChI is InChI=1S/C28H30FN3O2/c1-28(2,31-26(33)22-10-6-11-23(29)19-22)27(34)32-16-14-21(15-17-32)25-13-7-12-24(30-25)18-20-8-4-3-5-9-20/h3-13,19,21H,14-18H2,1-2H3,(H,31,33). The maximum Gasteiger partial charge on any atom is 0.252 e. The van der Waals surface area contributed by atoms with Crippen molar-refractivity contribution >= 4 is 11.8 Å². The van der Waals surface area contributed by atoms with Gasteiger partial charge in [-0.1, -0.05) is 42.5 Å². The number of nitrogens with one attached hydrogen (secondary N) is 1. The third kappa shape index (κ3) is 5.68. The van der Waals surface area contributed by atoms with Crippen molar-refractivity contribution in [2.75, 3.05) is 13.1 Å². The van der Waals surface area contributed by atoms with Gasteiger partial charge in [0.25, 0.3) is 5.91 Å². The van der Waals surface area contributed by atoms with Crippen LogP contribution in [0.3, 0.4) is 0 Å².